The molecule has 0 spiro atoms. The Kier molecular flexibility index (Phi) is 4.53. The van der Waals surface area contributed by atoms with Crippen LogP contribution in [0.1, 0.15) is 25.8 Å². The first-order valence-corrected chi connectivity index (χ1v) is 6.89. The minimum absolute atomic E-state index is 0.0142. The largest absolute Gasteiger partial charge is 0.454 e. The summed E-state index contributed by atoms with van der Waals surface area (Å²) < 4.78 is 10.7. The first kappa shape index (κ1) is 14.7. The van der Waals surface area contributed by atoms with E-state index in [1.54, 1.807) is 0 Å². The maximum atomic E-state index is 5.89. The highest BCUT2D eigenvalue weighted by molar-refractivity contribution is 5.44. The number of rotatable bonds is 6. The van der Waals surface area contributed by atoms with Crippen molar-refractivity contribution in [1.29, 1.82) is 0 Å². The Bertz CT molecular complexity index is 510. The van der Waals surface area contributed by atoms with Crippen LogP contribution in [0.3, 0.4) is 0 Å². The van der Waals surface area contributed by atoms with E-state index in [-0.39, 0.29) is 11.6 Å². The van der Waals surface area contributed by atoms with Gasteiger partial charge in [-0.2, -0.15) is 0 Å². The average molecular weight is 274 g/mol. The van der Waals surface area contributed by atoms with E-state index in [0.29, 0.717) is 13.3 Å². The van der Waals surface area contributed by atoms with Crippen LogP contribution in [0.25, 0.3) is 0 Å². The highest BCUT2D eigenvalue weighted by Crippen LogP contribution is 2.33. The fourth-order valence-electron chi connectivity index (χ4n) is 2.31. The molecule has 4 nitrogen and oxygen atoms in total. The predicted molar refractivity (Wildman–Crippen MR) is 79.8 cm³/mol. The van der Waals surface area contributed by atoms with E-state index in [2.05, 4.69) is 24.2 Å². The Labute approximate surface area is 120 Å². The summed E-state index contributed by atoms with van der Waals surface area (Å²) in [5, 5.41) is 3.40. The van der Waals surface area contributed by atoms with E-state index < -0.39 is 0 Å². The standard InChI is InChI=1S/C16H22N2O2/c1-4-12(2)18-16(3,10-17)8-7-13-5-6-14-15(9-13)20-11-19-14/h1,5-6,9,12,18H,7-8,10-11,17H2,2-3H3. The molecule has 1 aliphatic rings. The zero-order chi connectivity index (χ0) is 14.6. The van der Waals surface area contributed by atoms with Gasteiger partial charge in [-0.05, 0) is 44.4 Å². The highest BCUT2D eigenvalue weighted by atomic mass is 16.7. The molecule has 1 aliphatic heterocycles. The van der Waals surface area contributed by atoms with Gasteiger partial charge in [0.25, 0.3) is 0 Å². The summed E-state index contributed by atoms with van der Waals surface area (Å²) in [5.41, 5.74) is 6.94. The third-order valence-electron chi connectivity index (χ3n) is 3.67. The Morgan fingerprint density at radius 1 is 1.45 bits per heavy atom. The molecular weight excluding hydrogens is 252 g/mol. The summed E-state index contributed by atoms with van der Waals surface area (Å²) in [6, 6.07) is 6.06. The van der Waals surface area contributed by atoms with E-state index in [4.69, 9.17) is 21.6 Å². The lowest BCUT2D eigenvalue weighted by Gasteiger charge is -2.31. The zero-order valence-electron chi connectivity index (χ0n) is 12.1. The molecule has 2 unspecified atom stereocenters. The van der Waals surface area contributed by atoms with Crippen molar-refractivity contribution >= 4 is 0 Å². The van der Waals surface area contributed by atoms with Crippen molar-refractivity contribution < 1.29 is 9.47 Å². The van der Waals surface area contributed by atoms with E-state index in [0.717, 1.165) is 24.3 Å². The molecular formula is C16H22N2O2. The van der Waals surface area contributed by atoms with Crippen LogP contribution in [-0.4, -0.2) is 24.9 Å². The van der Waals surface area contributed by atoms with E-state index in [9.17, 15) is 0 Å². The second-order valence-corrected chi connectivity index (χ2v) is 5.49. The molecule has 1 aromatic carbocycles. The fraction of sp³-hybridized carbons (Fsp3) is 0.500. The number of hydrogen-bond acceptors (Lipinski definition) is 4. The number of fused-ring (bicyclic) bond motifs is 1. The van der Waals surface area contributed by atoms with Gasteiger partial charge in [0.1, 0.15) is 0 Å². The van der Waals surface area contributed by atoms with E-state index >= 15 is 0 Å². The van der Waals surface area contributed by atoms with Gasteiger partial charge in [0.05, 0.1) is 6.04 Å². The molecule has 0 fully saturated rings. The molecule has 3 N–H and O–H groups in total. The van der Waals surface area contributed by atoms with Crippen LogP contribution >= 0.6 is 0 Å². The van der Waals surface area contributed by atoms with E-state index in [1.165, 1.54) is 5.56 Å². The average Bonchev–Trinajstić information content (AvgIpc) is 2.92. The molecule has 0 saturated carbocycles. The molecule has 1 heterocycles. The van der Waals surface area contributed by atoms with Crippen molar-refractivity contribution in [2.45, 2.75) is 38.3 Å². The highest BCUT2D eigenvalue weighted by Gasteiger charge is 2.23. The van der Waals surface area contributed by atoms with Crippen LogP contribution in [0.5, 0.6) is 11.5 Å². The minimum Gasteiger partial charge on any atom is -0.454 e. The molecule has 0 saturated heterocycles. The zero-order valence-corrected chi connectivity index (χ0v) is 12.1. The topological polar surface area (TPSA) is 56.5 Å². The summed E-state index contributed by atoms with van der Waals surface area (Å²) >= 11 is 0. The number of benzene rings is 1. The van der Waals surface area contributed by atoms with Gasteiger partial charge in [-0.15, -0.1) is 6.42 Å². The van der Waals surface area contributed by atoms with Crippen LogP contribution in [0.4, 0.5) is 0 Å². The third kappa shape index (κ3) is 3.44. The third-order valence-corrected chi connectivity index (χ3v) is 3.67. The molecule has 0 radical (unpaired) electrons. The Morgan fingerprint density at radius 3 is 2.90 bits per heavy atom. The quantitative estimate of drug-likeness (QED) is 0.775. The number of terminal acetylenes is 1. The molecule has 20 heavy (non-hydrogen) atoms. The SMILES string of the molecule is C#CC(C)NC(C)(CN)CCc1ccc2c(c1)OCO2. The Balaban J connectivity index is 1.98. The smallest absolute Gasteiger partial charge is 0.231 e. The Morgan fingerprint density at radius 2 is 2.20 bits per heavy atom. The van der Waals surface area contributed by atoms with Crippen molar-refractivity contribution in [3.8, 4) is 23.8 Å². The first-order valence-electron chi connectivity index (χ1n) is 6.89. The summed E-state index contributed by atoms with van der Waals surface area (Å²) in [6.45, 7) is 4.92. The molecule has 0 amide bonds. The predicted octanol–water partition coefficient (Wildman–Crippen LogP) is 1.68. The maximum Gasteiger partial charge on any atom is 0.231 e. The number of hydrogen-bond donors (Lipinski definition) is 2. The minimum atomic E-state index is -0.165. The lowest BCUT2D eigenvalue weighted by molar-refractivity contribution is 0.174. The van der Waals surface area contributed by atoms with Gasteiger partial charge in [0.15, 0.2) is 11.5 Å². The van der Waals surface area contributed by atoms with Crippen LogP contribution in [0.15, 0.2) is 18.2 Å². The fourth-order valence-corrected chi connectivity index (χ4v) is 2.31. The van der Waals surface area contributed by atoms with Crippen LogP contribution in [0, 0.1) is 12.3 Å². The van der Waals surface area contributed by atoms with Crippen molar-refractivity contribution in [2.24, 2.45) is 5.73 Å². The van der Waals surface area contributed by atoms with Gasteiger partial charge in [0.2, 0.25) is 6.79 Å². The van der Waals surface area contributed by atoms with Crippen LogP contribution in [-0.2, 0) is 6.42 Å². The summed E-state index contributed by atoms with van der Waals surface area (Å²) in [5.74, 6) is 4.32. The number of nitrogens with one attached hydrogen (secondary N) is 1. The summed E-state index contributed by atoms with van der Waals surface area (Å²) in [7, 11) is 0. The van der Waals surface area contributed by atoms with Gasteiger partial charge in [0, 0.05) is 12.1 Å². The maximum absolute atomic E-state index is 5.89. The molecule has 0 bridgehead atoms. The van der Waals surface area contributed by atoms with Crippen LogP contribution < -0.4 is 20.5 Å². The lowest BCUT2D eigenvalue weighted by atomic mass is 9.92. The molecule has 108 valence electrons. The second-order valence-electron chi connectivity index (χ2n) is 5.49. The van der Waals surface area contributed by atoms with Gasteiger partial charge >= 0.3 is 0 Å². The first-order chi connectivity index (χ1) is 9.56. The molecule has 0 aliphatic carbocycles. The molecule has 0 aromatic heterocycles. The lowest BCUT2D eigenvalue weighted by Crippen LogP contribution is -2.52. The molecule has 2 atom stereocenters. The molecule has 1 aromatic rings. The van der Waals surface area contributed by atoms with Gasteiger partial charge in [-0.3, -0.25) is 5.32 Å². The van der Waals surface area contributed by atoms with Gasteiger partial charge in [-0.25, -0.2) is 0 Å². The second kappa shape index (κ2) is 6.17. The van der Waals surface area contributed by atoms with Crippen molar-refractivity contribution in [3.63, 3.8) is 0 Å². The van der Waals surface area contributed by atoms with Gasteiger partial charge in [-0.1, -0.05) is 12.0 Å². The van der Waals surface area contributed by atoms with E-state index in [1.807, 2.05) is 19.1 Å². The van der Waals surface area contributed by atoms with Crippen molar-refractivity contribution in [1.82, 2.24) is 5.32 Å². The number of aryl methyl sites for hydroxylation is 1. The van der Waals surface area contributed by atoms with Crippen molar-refractivity contribution in [2.75, 3.05) is 13.3 Å². The summed E-state index contributed by atoms with van der Waals surface area (Å²) in [6.07, 6.45) is 7.24. The Hall–Kier alpha value is -1.70. The number of ether oxygens (including phenoxy) is 2. The number of nitrogens with two attached hydrogens (primary N) is 1. The summed E-state index contributed by atoms with van der Waals surface area (Å²) in [4.78, 5) is 0. The van der Waals surface area contributed by atoms with Gasteiger partial charge < -0.3 is 15.2 Å². The molecule has 2 rings (SSSR count). The normalized spacial score (nSPS) is 17.3. The van der Waals surface area contributed by atoms with Crippen LogP contribution in [0.2, 0.25) is 0 Å². The monoisotopic (exact) mass is 274 g/mol. The van der Waals surface area contributed by atoms with Crippen molar-refractivity contribution in [3.05, 3.63) is 23.8 Å². The molecule has 4 heteroatoms.